The van der Waals surface area contributed by atoms with Crippen LogP contribution in [0, 0.1) is 13.8 Å². The van der Waals surface area contributed by atoms with Crippen LogP contribution >= 0.6 is 15.9 Å². The minimum atomic E-state index is 0.938. The van der Waals surface area contributed by atoms with Crippen LogP contribution in [0.5, 0.6) is 0 Å². The standard InChI is InChI=1S/C11H12BrN3/c1-6-7(2)14-11-8(10(6)15-13)4-3-5-9(11)12/h3-5H,13H2,1-2H3,(H,14,15). The van der Waals surface area contributed by atoms with Crippen molar-refractivity contribution in [2.75, 3.05) is 5.43 Å². The summed E-state index contributed by atoms with van der Waals surface area (Å²) in [5, 5.41) is 1.04. The molecule has 3 nitrogen and oxygen atoms in total. The molecule has 0 fully saturated rings. The Bertz CT molecular complexity index is 523. The van der Waals surface area contributed by atoms with Gasteiger partial charge in [0.2, 0.25) is 0 Å². The second kappa shape index (κ2) is 3.79. The lowest BCUT2D eigenvalue weighted by molar-refractivity contribution is 1.18. The predicted molar refractivity (Wildman–Crippen MR) is 66.7 cm³/mol. The van der Waals surface area contributed by atoms with Gasteiger partial charge in [-0.05, 0) is 41.4 Å². The number of para-hydroxylation sites is 1. The lowest BCUT2D eigenvalue weighted by atomic mass is 10.1. The molecule has 0 amide bonds. The van der Waals surface area contributed by atoms with E-state index in [1.165, 1.54) is 0 Å². The second-order valence-electron chi connectivity index (χ2n) is 3.48. The number of nitrogens with zero attached hydrogens (tertiary/aromatic N) is 1. The molecule has 0 saturated heterocycles. The van der Waals surface area contributed by atoms with E-state index in [0.717, 1.165) is 32.3 Å². The lowest BCUT2D eigenvalue weighted by Crippen LogP contribution is -2.10. The molecule has 3 N–H and O–H groups in total. The quantitative estimate of drug-likeness (QED) is 0.616. The normalized spacial score (nSPS) is 10.7. The number of aryl methyl sites for hydroxylation is 1. The molecule has 0 aliphatic rings. The summed E-state index contributed by atoms with van der Waals surface area (Å²) >= 11 is 3.49. The van der Waals surface area contributed by atoms with Gasteiger partial charge in [-0.15, -0.1) is 0 Å². The van der Waals surface area contributed by atoms with Gasteiger partial charge in [-0.2, -0.15) is 0 Å². The van der Waals surface area contributed by atoms with E-state index in [1.54, 1.807) is 0 Å². The van der Waals surface area contributed by atoms with E-state index < -0.39 is 0 Å². The van der Waals surface area contributed by atoms with Crippen molar-refractivity contribution in [2.24, 2.45) is 5.84 Å². The van der Waals surface area contributed by atoms with Gasteiger partial charge in [0, 0.05) is 15.6 Å². The Balaban J connectivity index is 2.94. The maximum atomic E-state index is 5.54. The van der Waals surface area contributed by atoms with Gasteiger partial charge in [-0.25, -0.2) is 0 Å². The van der Waals surface area contributed by atoms with Gasteiger partial charge in [0.1, 0.15) is 0 Å². The Morgan fingerprint density at radius 1 is 1.33 bits per heavy atom. The molecule has 2 rings (SSSR count). The van der Waals surface area contributed by atoms with Gasteiger partial charge in [0.25, 0.3) is 0 Å². The molecular weight excluding hydrogens is 254 g/mol. The average molecular weight is 266 g/mol. The van der Waals surface area contributed by atoms with Crippen molar-refractivity contribution in [3.8, 4) is 0 Å². The fourth-order valence-corrected chi connectivity index (χ4v) is 2.11. The van der Waals surface area contributed by atoms with E-state index in [2.05, 4.69) is 26.3 Å². The fourth-order valence-electron chi connectivity index (χ4n) is 1.65. The van der Waals surface area contributed by atoms with Gasteiger partial charge in [0.15, 0.2) is 0 Å². The molecule has 0 radical (unpaired) electrons. The van der Waals surface area contributed by atoms with Crippen LogP contribution in [0.25, 0.3) is 10.9 Å². The first-order valence-electron chi connectivity index (χ1n) is 4.67. The number of nitrogen functional groups attached to an aromatic ring is 1. The largest absolute Gasteiger partial charge is 0.323 e. The Labute approximate surface area is 96.8 Å². The minimum absolute atomic E-state index is 0.938. The van der Waals surface area contributed by atoms with E-state index in [-0.39, 0.29) is 0 Å². The van der Waals surface area contributed by atoms with Crippen molar-refractivity contribution >= 4 is 32.5 Å². The van der Waals surface area contributed by atoms with Crippen molar-refractivity contribution < 1.29 is 0 Å². The molecule has 15 heavy (non-hydrogen) atoms. The second-order valence-corrected chi connectivity index (χ2v) is 4.33. The number of fused-ring (bicyclic) bond motifs is 1. The van der Waals surface area contributed by atoms with Crippen LogP contribution in [0.3, 0.4) is 0 Å². The van der Waals surface area contributed by atoms with Gasteiger partial charge < -0.3 is 5.43 Å². The lowest BCUT2D eigenvalue weighted by Gasteiger charge is -2.12. The summed E-state index contributed by atoms with van der Waals surface area (Å²) in [6, 6.07) is 5.96. The molecule has 1 aromatic heterocycles. The molecule has 0 aliphatic heterocycles. The fraction of sp³-hybridized carbons (Fsp3) is 0.182. The number of halogens is 1. The van der Waals surface area contributed by atoms with Gasteiger partial charge in [-0.3, -0.25) is 10.8 Å². The maximum absolute atomic E-state index is 5.54. The van der Waals surface area contributed by atoms with Crippen LogP contribution in [-0.2, 0) is 0 Å². The Hall–Kier alpha value is -1.13. The molecule has 0 saturated carbocycles. The van der Waals surface area contributed by atoms with Crippen molar-refractivity contribution in [1.29, 1.82) is 0 Å². The highest BCUT2D eigenvalue weighted by atomic mass is 79.9. The van der Waals surface area contributed by atoms with Crippen LogP contribution in [0.15, 0.2) is 22.7 Å². The molecule has 1 heterocycles. The number of nitrogens with one attached hydrogen (secondary N) is 1. The third kappa shape index (κ3) is 1.60. The number of benzene rings is 1. The molecule has 0 atom stereocenters. The number of aromatic nitrogens is 1. The third-order valence-electron chi connectivity index (χ3n) is 2.60. The van der Waals surface area contributed by atoms with E-state index >= 15 is 0 Å². The van der Waals surface area contributed by atoms with E-state index in [4.69, 9.17) is 5.84 Å². The van der Waals surface area contributed by atoms with Crippen LogP contribution in [-0.4, -0.2) is 4.98 Å². The van der Waals surface area contributed by atoms with Crippen LogP contribution in [0.2, 0.25) is 0 Å². The summed E-state index contributed by atoms with van der Waals surface area (Å²) in [4.78, 5) is 4.54. The third-order valence-corrected chi connectivity index (χ3v) is 3.24. The molecule has 4 heteroatoms. The van der Waals surface area contributed by atoms with Crippen molar-refractivity contribution in [3.05, 3.63) is 33.9 Å². The molecular formula is C11H12BrN3. The summed E-state index contributed by atoms with van der Waals surface area (Å²) in [7, 11) is 0. The van der Waals surface area contributed by atoms with Crippen LogP contribution < -0.4 is 11.3 Å². The Morgan fingerprint density at radius 2 is 2.07 bits per heavy atom. The molecule has 0 spiro atoms. The first-order valence-corrected chi connectivity index (χ1v) is 5.46. The average Bonchev–Trinajstić information content (AvgIpc) is 2.22. The first kappa shape index (κ1) is 10.4. The molecule has 1 aromatic carbocycles. The Kier molecular flexibility index (Phi) is 2.63. The van der Waals surface area contributed by atoms with Crippen molar-refractivity contribution in [2.45, 2.75) is 13.8 Å². The number of rotatable bonds is 1. The summed E-state index contributed by atoms with van der Waals surface area (Å²) in [5.74, 6) is 5.54. The molecule has 2 aromatic rings. The minimum Gasteiger partial charge on any atom is -0.323 e. The number of anilines is 1. The summed E-state index contributed by atoms with van der Waals surface area (Å²) in [5.41, 5.74) is 6.70. The number of hydrogen-bond acceptors (Lipinski definition) is 3. The van der Waals surface area contributed by atoms with Gasteiger partial charge in [-0.1, -0.05) is 12.1 Å². The molecule has 78 valence electrons. The molecule has 0 bridgehead atoms. The zero-order valence-electron chi connectivity index (χ0n) is 8.63. The Morgan fingerprint density at radius 3 is 2.73 bits per heavy atom. The highest BCUT2D eigenvalue weighted by Gasteiger charge is 2.09. The van der Waals surface area contributed by atoms with Gasteiger partial charge in [0.05, 0.1) is 11.2 Å². The number of nitrogens with two attached hydrogens (primary N) is 1. The number of pyridine rings is 1. The topological polar surface area (TPSA) is 50.9 Å². The summed E-state index contributed by atoms with van der Waals surface area (Å²) < 4.78 is 0.986. The zero-order chi connectivity index (χ0) is 11.0. The highest BCUT2D eigenvalue weighted by molar-refractivity contribution is 9.10. The van der Waals surface area contributed by atoms with Gasteiger partial charge >= 0.3 is 0 Å². The monoisotopic (exact) mass is 265 g/mol. The van der Waals surface area contributed by atoms with E-state index in [9.17, 15) is 0 Å². The van der Waals surface area contributed by atoms with E-state index in [1.807, 2.05) is 32.0 Å². The summed E-state index contributed by atoms with van der Waals surface area (Å²) in [6.45, 7) is 3.99. The highest BCUT2D eigenvalue weighted by Crippen LogP contribution is 2.30. The maximum Gasteiger partial charge on any atom is 0.0868 e. The van der Waals surface area contributed by atoms with Crippen molar-refractivity contribution in [3.63, 3.8) is 0 Å². The molecule has 0 unspecified atom stereocenters. The van der Waals surface area contributed by atoms with E-state index in [0.29, 0.717) is 0 Å². The zero-order valence-corrected chi connectivity index (χ0v) is 10.2. The predicted octanol–water partition coefficient (Wildman–Crippen LogP) is 2.90. The smallest absolute Gasteiger partial charge is 0.0868 e. The first-order chi connectivity index (χ1) is 7.15. The SMILES string of the molecule is Cc1nc2c(Br)cccc2c(NN)c1C. The summed E-state index contributed by atoms with van der Waals surface area (Å²) in [6.07, 6.45) is 0. The number of hydrazine groups is 1. The van der Waals surface area contributed by atoms with Crippen molar-refractivity contribution in [1.82, 2.24) is 4.98 Å². The number of hydrogen-bond donors (Lipinski definition) is 2. The van der Waals surface area contributed by atoms with Crippen LogP contribution in [0.1, 0.15) is 11.3 Å². The molecule has 0 aliphatic carbocycles. The van der Waals surface area contributed by atoms with Crippen LogP contribution in [0.4, 0.5) is 5.69 Å².